The third kappa shape index (κ3) is 2.24. The molecular formula is C8H15N5. The first-order valence-electron chi connectivity index (χ1n) is 4.74. The largest absolute Gasteiger partial charge is 0.327 e. The molecule has 1 aromatic rings. The molecule has 1 saturated carbocycles. The van der Waals surface area contributed by atoms with Crippen LogP contribution >= 0.6 is 0 Å². The van der Waals surface area contributed by atoms with Crippen molar-refractivity contribution < 1.29 is 0 Å². The van der Waals surface area contributed by atoms with Gasteiger partial charge in [0, 0.05) is 12.5 Å². The van der Waals surface area contributed by atoms with E-state index in [2.05, 4.69) is 15.4 Å². The van der Waals surface area contributed by atoms with Crippen LogP contribution in [0.2, 0.25) is 0 Å². The van der Waals surface area contributed by atoms with Gasteiger partial charge in [-0.15, -0.1) is 10.2 Å². The van der Waals surface area contributed by atoms with Gasteiger partial charge >= 0.3 is 0 Å². The van der Waals surface area contributed by atoms with Crippen LogP contribution in [-0.4, -0.2) is 26.2 Å². The van der Waals surface area contributed by atoms with Crippen molar-refractivity contribution in [3.8, 4) is 0 Å². The molecule has 1 atom stereocenters. The van der Waals surface area contributed by atoms with Crippen molar-refractivity contribution in [2.45, 2.75) is 31.7 Å². The predicted octanol–water partition coefficient (Wildman–Crippen LogP) is -0.120. The Morgan fingerprint density at radius 2 is 2.38 bits per heavy atom. The van der Waals surface area contributed by atoms with Crippen LogP contribution in [0, 0.1) is 5.92 Å². The Balaban J connectivity index is 1.78. The summed E-state index contributed by atoms with van der Waals surface area (Å²) >= 11 is 0. The minimum atomic E-state index is 0.337. The zero-order valence-corrected chi connectivity index (χ0v) is 7.85. The summed E-state index contributed by atoms with van der Waals surface area (Å²) in [6.45, 7) is 0. The van der Waals surface area contributed by atoms with Crippen LogP contribution in [0.4, 0.5) is 0 Å². The summed E-state index contributed by atoms with van der Waals surface area (Å²) < 4.78 is 0. The number of aromatic nitrogens is 4. The number of aryl methyl sites for hydroxylation is 2. The van der Waals surface area contributed by atoms with Crippen LogP contribution in [0.25, 0.3) is 0 Å². The van der Waals surface area contributed by atoms with Crippen molar-refractivity contribution in [2.24, 2.45) is 18.7 Å². The molecule has 1 aliphatic carbocycles. The van der Waals surface area contributed by atoms with Crippen LogP contribution in [-0.2, 0) is 13.5 Å². The van der Waals surface area contributed by atoms with Crippen molar-refractivity contribution in [2.75, 3.05) is 0 Å². The quantitative estimate of drug-likeness (QED) is 0.703. The fraction of sp³-hybridized carbons (Fsp3) is 0.875. The molecule has 1 unspecified atom stereocenters. The lowest BCUT2D eigenvalue weighted by Gasteiger charge is -2.06. The van der Waals surface area contributed by atoms with Gasteiger partial charge in [-0.05, 0) is 30.4 Å². The summed E-state index contributed by atoms with van der Waals surface area (Å²) in [6.07, 6.45) is 4.44. The summed E-state index contributed by atoms with van der Waals surface area (Å²) in [5.41, 5.74) is 5.95. The first-order valence-corrected chi connectivity index (χ1v) is 4.74. The number of nitrogens with two attached hydrogens (primary N) is 1. The fourth-order valence-electron chi connectivity index (χ4n) is 1.48. The van der Waals surface area contributed by atoms with Crippen molar-refractivity contribution in [1.82, 2.24) is 20.2 Å². The van der Waals surface area contributed by atoms with E-state index in [-0.39, 0.29) is 0 Å². The maximum Gasteiger partial charge on any atom is 0.174 e. The monoisotopic (exact) mass is 181 g/mol. The molecule has 0 amide bonds. The van der Waals surface area contributed by atoms with E-state index in [1.54, 1.807) is 7.05 Å². The van der Waals surface area contributed by atoms with Gasteiger partial charge in [-0.3, -0.25) is 0 Å². The molecule has 0 aliphatic heterocycles. The van der Waals surface area contributed by atoms with Crippen molar-refractivity contribution in [3.63, 3.8) is 0 Å². The zero-order chi connectivity index (χ0) is 9.26. The molecule has 5 nitrogen and oxygen atoms in total. The van der Waals surface area contributed by atoms with E-state index in [0.29, 0.717) is 6.04 Å². The molecule has 0 spiro atoms. The van der Waals surface area contributed by atoms with Gasteiger partial charge in [0.15, 0.2) is 5.82 Å². The van der Waals surface area contributed by atoms with E-state index in [1.165, 1.54) is 17.6 Å². The molecule has 72 valence electrons. The maximum atomic E-state index is 5.95. The van der Waals surface area contributed by atoms with Gasteiger partial charge in [0.05, 0.1) is 7.05 Å². The average Bonchev–Trinajstić information content (AvgIpc) is 2.87. The summed E-state index contributed by atoms with van der Waals surface area (Å²) in [7, 11) is 1.78. The summed E-state index contributed by atoms with van der Waals surface area (Å²) in [4.78, 5) is 1.48. The lowest BCUT2D eigenvalue weighted by atomic mass is 10.1. The van der Waals surface area contributed by atoms with Gasteiger partial charge in [-0.1, -0.05) is 0 Å². The van der Waals surface area contributed by atoms with Crippen molar-refractivity contribution >= 4 is 0 Å². The Labute approximate surface area is 77.3 Å². The van der Waals surface area contributed by atoms with E-state index < -0.39 is 0 Å². The highest BCUT2D eigenvalue weighted by atomic mass is 15.6. The van der Waals surface area contributed by atoms with Crippen LogP contribution in [0.5, 0.6) is 0 Å². The van der Waals surface area contributed by atoms with Gasteiger partial charge in [0.2, 0.25) is 0 Å². The summed E-state index contributed by atoms with van der Waals surface area (Å²) in [5.74, 6) is 1.57. The third-order valence-corrected chi connectivity index (χ3v) is 2.48. The van der Waals surface area contributed by atoms with Crippen molar-refractivity contribution in [3.05, 3.63) is 5.82 Å². The minimum absolute atomic E-state index is 0.337. The number of tetrazole rings is 1. The first-order chi connectivity index (χ1) is 6.25. The molecule has 0 bridgehead atoms. The second-order valence-corrected chi connectivity index (χ2v) is 3.74. The third-order valence-electron chi connectivity index (χ3n) is 2.48. The number of rotatable bonds is 4. The smallest absolute Gasteiger partial charge is 0.174 e. The molecule has 0 aromatic carbocycles. The maximum absolute atomic E-state index is 5.95. The highest BCUT2D eigenvalue weighted by Gasteiger charge is 2.28. The molecule has 1 aliphatic rings. The first kappa shape index (κ1) is 8.62. The number of nitrogens with zero attached hydrogens (tertiary/aromatic N) is 4. The van der Waals surface area contributed by atoms with Crippen LogP contribution < -0.4 is 5.73 Å². The SMILES string of the molecule is Cn1nnc(CCC(N)C2CC2)n1. The second kappa shape index (κ2) is 3.41. The molecular weight excluding hydrogens is 166 g/mol. The molecule has 1 fully saturated rings. The van der Waals surface area contributed by atoms with Gasteiger partial charge in [0.1, 0.15) is 0 Å². The van der Waals surface area contributed by atoms with E-state index >= 15 is 0 Å². The van der Waals surface area contributed by atoms with Gasteiger partial charge in [-0.25, -0.2) is 0 Å². The molecule has 0 radical (unpaired) electrons. The van der Waals surface area contributed by atoms with E-state index in [4.69, 9.17) is 5.73 Å². The molecule has 2 N–H and O–H groups in total. The lowest BCUT2D eigenvalue weighted by molar-refractivity contribution is 0.541. The molecule has 1 heterocycles. The number of hydrogen-bond donors (Lipinski definition) is 1. The van der Waals surface area contributed by atoms with Crippen LogP contribution in [0.15, 0.2) is 0 Å². The molecule has 1 aromatic heterocycles. The standard InChI is InChI=1S/C8H15N5/c1-13-11-8(10-12-13)5-4-7(9)6-2-3-6/h6-7H,2-5,9H2,1H3. The van der Waals surface area contributed by atoms with Crippen molar-refractivity contribution in [1.29, 1.82) is 0 Å². The van der Waals surface area contributed by atoms with Crippen LogP contribution in [0.3, 0.4) is 0 Å². The Bertz CT molecular complexity index is 278. The van der Waals surface area contributed by atoms with E-state index in [9.17, 15) is 0 Å². The van der Waals surface area contributed by atoms with Crippen LogP contribution in [0.1, 0.15) is 25.1 Å². The minimum Gasteiger partial charge on any atom is -0.327 e. The molecule has 13 heavy (non-hydrogen) atoms. The molecule has 0 saturated heterocycles. The lowest BCUT2D eigenvalue weighted by Crippen LogP contribution is -2.23. The zero-order valence-electron chi connectivity index (χ0n) is 7.85. The highest BCUT2D eigenvalue weighted by Crippen LogP contribution is 2.32. The normalized spacial score (nSPS) is 18.9. The van der Waals surface area contributed by atoms with Gasteiger partial charge in [0.25, 0.3) is 0 Å². The Kier molecular flexibility index (Phi) is 2.26. The Morgan fingerprint density at radius 3 is 2.92 bits per heavy atom. The summed E-state index contributed by atoms with van der Waals surface area (Å²) in [5, 5.41) is 11.8. The topological polar surface area (TPSA) is 69.6 Å². The predicted molar refractivity (Wildman–Crippen MR) is 47.8 cm³/mol. The second-order valence-electron chi connectivity index (χ2n) is 3.74. The Hall–Kier alpha value is -0.970. The average molecular weight is 181 g/mol. The highest BCUT2D eigenvalue weighted by molar-refractivity contribution is 4.87. The van der Waals surface area contributed by atoms with Gasteiger partial charge in [-0.2, -0.15) is 4.80 Å². The molecule has 2 rings (SSSR count). The summed E-state index contributed by atoms with van der Waals surface area (Å²) in [6, 6.07) is 0.337. The van der Waals surface area contributed by atoms with Gasteiger partial charge < -0.3 is 5.73 Å². The number of hydrogen-bond acceptors (Lipinski definition) is 4. The van der Waals surface area contributed by atoms with E-state index in [0.717, 1.165) is 24.6 Å². The fourth-order valence-corrected chi connectivity index (χ4v) is 1.48. The molecule has 5 heteroatoms. The van der Waals surface area contributed by atoms with E-state index in [1.807, 2.05) is 0 Å². The Morgan fingerprint density at radius 1 is 1.62 bits per heavy atom.